The quantitative estimate of drug-likeness (QED) is 0.915. The van der Waals surface area contributed by atoms with Gasteiger partial charge >= 0.3 is 5.97 Å². The normalized spacial score (nSPS) is 13.8. The minimum Gasteiger partial charge on any atom is -0.484 e. The highest BCUT2D eigenvalue weighted by atomic mass is 79.9. The molecule has 0 bridgehead atoms. The smallest absolute Gasteiger partial charge is 0.339 e. The third kappa shape index (κ3) is 2.78. The molecule has 0 saturated heterocycles. The van der Waals surface area contributed by atoms with Gasteiger partial charge < -0.3 is 14.4 Å². The molecule has 0 radical (unpaired) electrons. The molecular formula is C14H14BrN3O3. The number of carbonyl (C=O) groups is 1. The Bertz CT molecular complexity index is 684. The molecule has 3 rings (SSSR count). The number of rotatable bonds is 4. The maximum Gasteiger partial charge on any atom is 0.339 e. The first kappa shape index (κ1) is 14.1. The Balaban J connectivity index is 1.82. The average Bonchev–Trinajstić information content (AvgIpc) is 2.89. The fourth-order valence-corrected chi connectivity index (χ4v) is 2.92. The van der Waals surface area contributed by atoms with Gasteiger partial charge in [0.15, 0.2) is 5.82 Å². The highest BCUT2D eigenvalue weighted by Crippen LogP contribution is 2.30. The first-order valence-corrected chi connectivity index (χ1v) is 7.51. The van der Waals surface area contributed by atoms with Crippen molar-refractivity contribution in [3.8, 4) is 5.75 Å². The number of para-hydroxylation sites is 1. The van der Waals surface area contributed by atoms with E-state index in [1.54, 1.807) is 12.1 Å². The topological polar surface area (TPSA) is 77.2 Å². The molecule has 1 aromatic heterocycles. The maximum atomic E-state index is 11.2. The SMILES string of the molecule is O=C(O)c1cccc(Br)c1OCc1nnc2n1CCCC2. The molecule has 0 saturated carbocycles. The second-order valence-electron chi connectivity index (χ2n) is 4.85. The van der Waals surface area contributed by atoms with E-state index in [9.17, 15) is 9.90 Å². The summed E-state index contributed by atoms with van der Waals surface area (Å²) in [4.78, 5) is 11.2. The van der Waals surface area contributed by atoms with Crippen LogP contribution >= 0.6 is 15.9 Å². The largest absolute Gasteiger partial charge is 0.484 e. The Labute approximate surface area is 129 Å². The number of benzene rings is 1. The molecule has 2 heterocycles. The summed E-state index contributed by atoms with van der Waals surface area (Å²) in [5, 5.41) is 17.5. The van der Waals surface area contributed by atoms with Crippen LogP contribution < -0.4 is 4.74 Å². The molecular weight excluding hydrogens is 338 g/mol. The van der Waals surface area contributed by atoms with Gasteiger partial charge in [-0.2, -0.15) is 0 Å². The molecule has 0 aliphatic carbocycles. The number of halogens is 1. The molecule has 0 unspecified atom stereocenters. The van der Waals surface area contributed by atoms with Gasteiger partial charge in [-0.15, -0.1) is 10.2 Å². The molecule has 1 N–H and O–H groups in total. The van der Waals surface area contributed by atoms with Gasteiger partial charge in [0, 0.05) is 13.0 Å². The van der Waals surface area contributed by atoms with Crippen LogP contribution in [0.4, 0.5) is 0 Å². The predicted molar refractivity (Wildman–Crippen MR) is 78.4 cm³/mol. The van der Waals surface area contributed by atoms with Crippen LogP contribution in [0.25, 0.3) is 0 Å². The first-order chi connectivity index (χ1) is 10.2. The van der Waals surface area contributed by atoms with Crippen molar-refractivity contribution in [2.75, 3.05) is 0 Å². The number of ether oxygens (including phenoxy) is 1. The molecule has 1 aromatic carbocycles. The molecule has 0 spiro atoms. The van der Waals surface area contributed by atoms with E-state index >= 15 is 0 Å². The van der Waals surface area contributed by atoms with Crippen LogP contribution in [0.2, 0.25) is 0 Å². The average molecular weight is 352 g/mol. The third-order valence-electron chi connectivity index (χ3n) is 3.48. The van der Waals surface area contributed by atoms with E-state index in [-0.39, 0.29) is 12.2 Å². The minimum atomic E-state index is -1.02. The number of fused-ring (bicyclic) bond motifs is 1. The van der Waals surface area contributed by atoms with Crippen LogP contribution in [-0.2, 0) is 19.6 Å². The van der Waals surface area contributed by atoms with Crippen LogP contribution in [0.3, 0.4) is 0 Å². The van der Waals surface area contributed by atoms with Crippen molar-refractivity contribution in [2.24, 2.45) is 0 Å². The second kappa shape index (κ2) is 5.85. The van der Waals surface area contributed by atoms with E-state index in [2.05, 4.69) is 30.7 Å². The summed E-state index contributed by atoms with van der Waals surface area (Å²) in [5.74, 6) is 1.01. The number of aromatic nitrogens is 3. The zero-order valence-electron chi connectivity index (χ0n) is 11.3. The van der Waals surface area contributed by atoms with E-state index in [1.807, 2.05) is 0 Å². The molecule has 0 amide bonds. The van der Waals surface area contributed by atoms with Crippen molar-refractivity contribution in [3.63, 3.8) is 0 Å². The van der Waals surface area contributed by atoms with Gasteiger partial charge in [-0.1, -0.05) is 6.07 Å². The number of carboxylic acid groups (broad SMARTS) is 1. The molecule has 1 aliphatic rings. The first-order valence-electron chi connectivity index (χ1n) is 6.72. The lowest BCUT2D eigenvalue weighted by Gasteiger charge is -2.15. The third-order valence-corrected chi connectivity index (χ3v) is 4.10. The van der Waals surface area contributed by atoms with Gasteiger partial charge in [0.05, 0.1) is 4.47 Å². The zero-order valence-corrected chi connectivity index (χ0v) is 12.8. The number of hydrogen-bond acceptors (Lipinski definition) is 4. The molecule has 0 fully saturated rings. The summed E-state index contributed by atoms with van der Waals surface area (Å²) < 4.78 is 8.36. The molecule has 2 aromatic rings. The standard InChI is InChI=1S/C14H14BrN3O3/c15-10-5-3-4-9(14(19)20)13(10)21-8-12-17-16-11-6-1-2-7-18(11)12/h3-5H,1-2,6-8H2,(H,19,20). The van der Waals surface area contributed by atoms with Crippen LogP contribution in [-0.4, -0.2) is 25.8 Å². The van der Waals surface area contributed by atoms with Gasteiger partial charge in [0.2, 0.25) is 0 Å². The Morgan fingerprint density at radius 1 is 1.38 bits per heavy atom. The minimum absolute atomic E-state index is 0.128. The van der Waals surface area contributed by atoms with Crippen molar-refractivity contribution >= 4 is 21.9 Å². The molecule has 6 nitrogen and oxygen atoms in total. The summed E-state index contributed by atoms with van der Waals surface area (Å²) in [6.45, 7) is 1.10. The van der Waals surface area contributed by atoms with Crippen molar-refractivity contribution in [1.29, 1.82) is 0 Å². The van der Waals surface area contributed by atoms with E-state index in [0.717, 1.165) is 37.5 Å². The molecule has 0 atom stereocenters. The second-order valence-corrected chi connectivity index (χ2v) is 5.71. The molecule has 7 heteroatoms. The Hall–Kier alpha value is -1.89. The Kier molecular flexibility index (Phi) is 3.92. The molecule has 21 heavy (non-hydrogen) atoms. The maximum absolute atomic E-state index is 11.2. The summed E-state index contributed by atoms with van der Waals surface area (Å²) in [6, 6.07) is 4.93. The van der Waals surface area contributed by atoms with E-state index < -0.39 is 5.97 Å². The number of hydrogen-bond donors (Lipinski definition) is 1. The summed E-state index contributed by atoms with van der Waals surface area (Å²) in [7, 11) is 0. The van der Waals surface area contributed by atoms with E-state index in [1.165, 1.54) is 6.07 Å². The van der Waals surface area contributed by atoms with Crippen LogP contribution in [0.5, 0.6) is 5.75 Å². The Morgan fingerprint density at radius 3 is 3.05 bits per heavy atom. The fourth-order valence-electron chi connectivity index (χ4n) is 2.44. The van der Waals surface area contributed by atoms with Crippen molar-refractivity contribution in [1.82, 2.24) is 14.8 Å². The molecule has 110 valence electrons. The van der Waals surface area contributed by atoms with E-state index in [4.69, 9.17) is 4.74 Å². The number of aryl methyl sites for hydroxylation is 1. The highest BCUT2D eigenvalue weighted by molar-refractivity contribution is 9.10. The van der Waals surface area contributed by atoms with Crippen molar-refractivity contribution < 1.29 is 14.6 Å². The van der Waals surface area contributed by atoms with Crippen LogP contribution in [0.15, 0.2) is 22.7 Å². The zero-order chi connectivity index (χ0) is 14.8. The lowest BCUT2D eigenvalue weighted by Crippen LogP contribution is -2.15. The number of nitrogens with zero attached hydrogens (tertiary/aromatic N) is 3. The van der Waals surface area contributed by atoms with Gasteiger partial charge in [-0.25, -0.2) is 4.79 Å². The summed E-state index contributed by atoms with van der Waals surface area (Å²) >= 11 is 3.32. The lowest BCUT2D eigenvalue weighted by molar-refractivity contribution is 0.0691. The highest BCUT2D eigenvalue weighted by Gasteiger charge is 2.18. The van der Waals surface area contributed by atoms with Crippen molar-refractivity contribution in [2.45, 2.75) is 32.4 Å². The lowest BCUT2D eigenvalue weighted by atomic mass is 10.2. The van der Waals surface area contributed by atoms with Crippen LogP contribution in [0.1, 0.15) is 34.8 Å². The fraction of sp³-hybridized carbons (Fsp3) is 0.357. The van der Waals surface area contributed by atoms with E-state index in [0.29, 0.717) is 10.2 Å². The molecule has 1 aliphatic heterocycles. The van der Waals surface area contributed by atoms with Gasteiger partial charge in [-0.05, 0) is 40.9 Å². The van der Waals surface area contributed by atoms with Gasteiger partial charge in [-0.3, -0.25) is 0 Å². The number of aromatic carboxylic acids is 1. The predicted octanol–water partition coefficient (Wildman–Crippen LogP) is 2.65. The number of carboxylic acids is 1. The monoisotopic (exact) mass is 351 g/mol. The summed E-state index contributed by atoms with van der Waals surface area (Å²) in [5.41, 5.74) is 0.128. The van der Waals surface area contributed by atoms with Gasteiger partial charge in [0.25, 0.3) is 0 Å². The Morgan fingerprint density at radius 2 is 2.24 bits per heavy atom. The van der Waals surface area contributed by atoms with Crippen LogP contribution in [0, 0.1) is 0 Å². The van der Waals surface area contributed by atoms with Gasteiger partial charge in [0.1, 0.15) is 23.7 Å². The summed E-state index contributed by atoms with van der Waals surface area (Å²) in [6.07, 6.45) is 3.17. The van der Waals surface area contributed by atoms with Crippen molar-refractivity contribution in [3.05, 3.63) is 39.9 Å².